The van der Waals surface area contributed by atoms with E-state index in [1.165, 1.54) is 43.8 Å². The SMILES string of the molecule is C=C(/C=C\C(=N)c1c2ccccc2c(-c2ccccc2)c2ccccc12)c1ccc2c3ccc4ccccc4c3n(-c3ccccc3)c2c1.C=C/C=C\C(C)C.C=CC.Cc1ccccc1. The van der Waals surface area contributed by atoms with Crippen LogP contribution in [0.2, 0.25) is 0 Å². The number of rotatable bonds is 8. The van der Waals surface area contributed by atoms with Gasteiger partial charge in [-0.3, -0.25) is 0 Å². The highest BCUT2D eigenvalue weighted by molar-refractivity contribution is 6.28. The zero-order valence-electron chi connectivity index (χ0n) is 38.6. The van der Waals surface area contributed by atoms with Crippen LogP contribution in [0, 0.1) is 18.3 Å². The summed E-state index contributed by atoms with van der Waals surface area (Å²) in [5.41, 5.74) is 10.4. The van der Waals surface area contributed by atoms with E-state index in [-0.39, 0.29) is 0 Å². The van der Waals surface area contributed by atoms with Crippen LogP contribution in [-0.2, 0) is 0 Å². The van der Waals surface area contributed by atoms with Crippen molar-refractivity contribution >= 4 is 65.4 Å². The van der Waals surface area contributed by atoms with Crippen LogP contribution in [0.1, 0.15) is 37.5 Å². The van der Waals surface area contributed by atoms with E-state index in [2.05, 4.69) is 227 Å². The van der Waals surface area contributed by atoms with Crippen molar-refractivity contribution in [2.24, 2.45) is 5.92 Å². The van der Waals surface area contributed by atoms with Gasteiger partial charge in [-0.15, -0.1) is 6.58 Å². The molecule has 0 radical (unpaired) electrons. The lowest BCUT2D eigenvalue weighted by Crippen LogP contribution is -2.00. The number of benzene rings is 9. The summed E-state index contributed by atoms with van der Waals surface area (Å²) in [5.74, 6) is 0.651. The first kappa shape index (κ1) is 45.9. The Morgan fingerprint density at radius 1 is 0.561 bits per heavy atom. The minimum Gasteiger partial charge on any atom is -0.309 e. The Morgan fingerprint density at radius 2 is 1.08 bits per heavy atom. The van der Waals surface area contributed by atoms with Gasteiger partial charge in [0.05, 0.1) is 16.7 Å². The van der Waals surface area contributed by atoms with Gasteiger partial charge in [-0.2, -0.15) is 0 Å². The first-order valence-corrected chi connectivity index (χ1v) is 22.6. The third kappa shape index (κ3) is 10.3. The Balaban J connectivity index is 0.000000324. The van der Waals surface area contributed by atoms with Crippen molar-refractivity contribution in [3.05, 3.63) is 267 Å². The van der Waals surface area contributed by atoms with Crippen molar-refractivity contribution in [1.29, 1.82) is 5.41 Å². The molecular formula is C64H58N2. The predicted octanol–water partition coefficient (Wildman–Crippen LogP) is 18.1. The van der Waals surface area contributed by atoms with Crippen LogP contribution in [0.25, 0.3) is 76.5 Å². The van der Waals surface area contributed by atoms with Crippen molar-refractivity contribution in [3.63, 3.8) is 0 Å². The van der Waals surface area contributed by atoms with Crippen LogP contribution in [0.3, 0.4) is 0 Å². The molecule has 0 spiro atoms. The van der Waals surface area contributed by atoms with Gasteiger partial charge in [-0.25, -0.2) is 0 Å². The molecule has 66 heavy (non-hydrogen) atoms. The lowest BCUT2D eigenvalue weighted by molar-refractivity contribution is 0.832. The molecule has 0 bridgehead atoms. The molecule has 0 aliphatic carbocycles. The van der Waals surface area contributed by atoms with E-state index in [0.717, 1.165) is 49.4 Å². The quantitative estimate of drug-likeness (QED) is 0.0683. The summed E-state index contributed by atoms with van der Waals surface area (Å²) in [6, 6.07) is 68.0. The fraction of sp³-hybridized carbons (Fsp3) is 0.0781. The number of allylic oxidation sites excluding steroid dienone is 7. The molecule has 0 aliphatic heterocycles. The summed E-state index contributed by atoms with van der Waals surface area (Å²) in [7, 11) is 0. The van der Waals surface area contributed by atoms with Crippen LogP contribution in [0.5, 0.6) is 0 Å². The Labute approximate surface area is 391 Å². The molecule has 2 nitrogen and oxygen atoms in total. The highest BCUT2D eigenvalue weighted by atomic mass is 15.0. The number of para-hydroxylation sites is 1. The second-order valence-electron chi connectivity index (χ2n) is 16.5. The summed E-state index contributed by atoms with van der Waals surface area (Å²) in [6.45, 7) is 19.6. The van der Waals surface area contributed by atoms with Crippen molar-refractivity contribution in [2.45, 2.75) is 27.7 Å². The van der Waals surface area contributed by atoms with Gasteiger partial charge in [0.2, 0.25) is 0 Å². The first-order valence-electron chi connectivity index (χ1n) is 22.6. The maximum absolute atomic E-state index is 9.42. The molecule has 0 unspecified atom stereocenters. The summed E-state index contributed by atoms with van der Waals surface area (Å²) in [5, 5.41) is 18.7. The predicted molar refractivity (Wildman–Crippen MR) is 291 cm³/mol. The van der Waals surface area contributed by atoms with Gasteiger partial charge >= 0.3 is 0 Å². The molecule has 10 aromatic rings. The minimum absolute atomic E-state index is 0.458. The number of hydrogen-bond donors (Lipinski definition) is 1. The number of hydrogen-bond acceptors (Lipinski definition) is 1. The Bertz CT molecular complexity index is 3290. The normalized spacial score (nSPS) is 11.0. The van der Waals surface area contributed by atoms with E-state index >= 15 is 0 Å². The van der Waals surface area contributed by atoms with Crippen molar-refractivity contribution in [3.8, 4) is 16.8 Å². The van der Waals surface area contributed by atoms with Crippen LogP contribution in [-0.4, -0.2) is 10.3 Å². The maximum Gasteiger partial charge on any atom is 0.0624 e. The van der Waals surface area contributed by atoms with Gasteiger partial charge in [0.15, 0.2) is 0 Å². The highest BCUT2D eigenvalue weighted by Crippen LogP contribution is 2.40. The van der Waals surface area contributed by atoms with Gasteiger partial charge in [0.25, 0.3) is 0 Å². The maximum atomic E-state index is 9.42. The molecule has 10 rings (SSSR count). The Hall–Kier alpha value is -8.07. The molecule has 1 aromatic heterocycles. The van der Waals surface area contributed by atoms with Gasteiger partial charge in [-0.05, 0) is 93.2 Å². The second kappa shape index (κ2) is 22.0. The third-order valence-corrected chi connectivity index (χ3v) is 11.3. The molecule has 0 saturated carbocycles. The van der Waals surface area contributed by atoms with Crippen LogP contribution < -0.4 is 0 Å². The molecule has 0 aliphatic rings. The standard InChI is InChI=1S/C47H32N2.C7H8.C7H12.C3H6/c1-31(24-29-43(48)46-40-22-12-10-20-38(40)45(33-15-4-2-5-16-33)39-21-11-13-23-41(39)46)34-26-27-37-42-28-25-32-14-8-9-19-36(32)47(42)49(44(37)30-34)35-17-6-3-7-18-35;1-7-5-3-2-4-6-7;1-4-5-6-7(2)3;1-3-2/h2-30,48H,1H2;2-6H,1H3;4-7H,1H2,2-3H3;3H,1H2,2H3/b29-24-,48-43?;;6-5-;. The largest absolute Gasteiger partial charge is 0.309 e. The fourth-order valence-corrected chi connectivity index (χ4v) is 8.36. The van der Waals surface area contributed by atoms with Crippen molar-refractivity contribution in [1.82, 2.24) is 4.57 Å². The average molecular weight is 855 g/mol. The Kier molecular flexibility index (Phi) is 15.3. The summed E-state index contributed by atoms with van der Waals surface area (Å²) in [6.07, 6.45) is 11.5. The van der Waals surface area contributed by atoms with Gasteiger partial charge in [0, 0.05) is 27.4 Å². The number of aryl methyl sites for hydroxylation is 1. The number of nitrogens with zero attached hydrogens (tertiary/aromatic N) is 1. The lowest BCUT2D eigenvalue weighted by atomic mass is 9.86. The van der Waals surface area contributed by atoms with E-state index < -0.39 is 0 Å². The topological polar surface area (TPSA) is 28.8 Å². The summed E-state index contributed by atoms with van der Waals surface area (Å²) < 4.78 is 2.38. The molecule has 324 valence electrons. The molecule has 1 N–H and O–H groups in total. The zero-order valence-corrected chi connectivity index (χ0v) is 38.6. The lowest BCUT2D eigenvalue weighted by Gasteiger charge is -2.17. The third-order valence-electron chi connectivity index (χ3n) is 11.3. The summed E-state index contributed by atoms with van der Waals surface area (Å²) in [4.78, 5) is 0. The molecule has 9 aromatic carbocycles. The van der Waals surface area contributed by atoms with E-state index in [1.54, 1.807) is 12.2 Å². The first-order chi connectivity index (χ1) is 32.2. The van der Waals surface area contributed by atoms with E-state index in [1.807, 2.05) is 43.4 Å². The molecule has 0 amide bonds. The monoisotopic (exact) mass is 854 g/mol. The smallest absolute Gasteiger partial charge is 0.0624 e. The number of fused-ring (bicyclic) bond motifs is 7. The zero-order chi connectivity index (χ0) is 46.4. The molecule has 1 heterocycles. The Morgan fingerprint density at radius 3 is 1.62 bits per heavy atom. The van der Waals surface area contributed by atoms with Crippen LogP contribution in [0.4, 0.5) is 0 Å². The van der Waals surface area contributed by atoms with Crippen LogP contribution >= 0.6 is 0 Å². The number of nitrogens with one attached hydrogen (secondary N) is 1. The summed E-state index contributed by atoms with van der Waals surface area (Å²) >= 11 is 0. The van der Waals surface area contributed by atoms with Crippen molar-refractivity contribution in [2.75, 3.05) is 0 Å². The molecule has 0 atom stereocenters. The van der Waals surface area contributed by atoms with Gasteiger partial charge in [0.1, 0.15) is 0 Å². The van der Waals surface area contributed by atoms with E-state index in [9.17, 15) is 5.41 Å². The van der Waals surface area contributed by atoms with Crippen LogP contribution in [0.15, 0.2) is 250 Å². The molecule has 0 saturated heterocycles. The molecular weight excluding hydrogens is 797 g/mol. The highest BCUT2D eigenvalue weighted by Gasteiger charge is 2.18. The fourth-order valence-electron chi connectivity index (χ4n) is 8.36. The average Bonchev–Trinajstić information content (AvgIpc) is 3.70. The molecule has 2 heteroatoms. The van der Waals surface area contributed by atoms with Crippen molar-refractivity contribution < 1.29 is 0 Å². The minimum atomic E-state index is 0.458. The van der Waals surface area contributed by atoms with Gasteiger partial charge in [-0.1, -0.05) is 239 Å². The second-order valence-corrected chi connectivity index (χ2v) is 16.5. The van der Waals surface area contributed by atoms with Gasteiger partial charge < -0.3 is 9.98 Å². The van der Waals surface area contributed by atoms with E-state index in [0.29, 0.717) is 11.6 Å². The molecule has 0 fully saturated rings. The number of aromatic nitrogens is 1. The van der Waals surface area contributed by atoms with E-state index in [4.69, 9.17) is 0 Å².